The fourth-order valence-corrected chi connectivity index (χ4v) is 3.85. The van der Waals surface area contributed by atoms with E-state index in [-0.39, 0.29) is 23.7 Å². The van der Waals surface area contributed by atoms with Crippen LogP contribution >= 0.6 is 0 Å². The van der Waals surface area contributed by atoms with Gasteiger partial charge in [0.05, 0.1) is 17.5 Å². The third-order valence-electron chi connectivity index (χ3n) is 5.03. The lowest BCUT2D eigenvalue weighted by atomic mass is 9.85. The predicted molar refractivity (Wildman–Crippen MR) is 100 cm³/mol. The Hall–Kier alpha value is -2.88. The molecule has 2 aromatic carbocycles. The monoisotopic (exact) mass is 347 g/mol. The van der Waals surface area contributed by atoms with Crippen molar-refractivity contribution in [1.29, 1.82) is 0 Å². The molecule has 132 valence electrons. The first-order valence-corrected chi connectivity index (χ1v) is 8.92. The Labute approximate surface area is 153 Å². The quantitative estimate of drug-likeness (QED) is 0.604. The number of carbonyl (C=O) groups excluding carboxylic acids is 2. The fraction of sp³-hybridized carbons (Fsp3) is 0.273. The molecule has 0 saturated carbocycles. The molecule has 2 aromatic rings. The lowest BCUT2D eigenvalue weighted by Crippen LogP contribution is -2.30. The number of imide groups is 1. The van der Waals surface area contributed by atoms with Crippen LogP contribution in [0, 0.1) is 25.7 Å². The van der Waals surface area contributed by atoms with Gasteiger partial charge in [-0.1, -0.05) is 18.2 Å². The zero-order valence-corrected chi connectivity index (χ0v) is 14.9. The van der Waals surface area contributed by atoms with Gasteiger partial charge in [-0.15, -0.1) is 0 Å². The number of benzene rings is 2. The Morgan fingerprint density at radius 1 is 0.808 bits per heavy atom. The van der Waals surface area contributed by atoms with Crippen LogP contribution in [0.15, 0.2) is 54.6 Å². The molecular formula is C22H21NO3. The van der Waals surface area contributed by atoms with E-state index in [4.69, 9.17) is 4.74 Å². The van der Waals surface area contributed by atoms with Crippen LogP contribution in [-0.4, -0.2) is 11.8 Å². The SMILES string of the molecule is Cc1cc(C)cc(Oc2ccc(N3C(=O)[C@H]4CC=CC[C@H]4C3=O)cc2)c1. The Balaban J connectivity index is 1.54. The molecule has 2 atom stereocenters. The lowest BCUT2D eigenvalue weighted by molar-refractivity contribution is -0.122. The second-order valence-electron chi connectivity index (χ2n) is 7.09. The number of ether oxygens (including phenoxy) is 1. The van der Waals surface area contributed by atoms with Gasteiger partial charge >= 0.3 is 0 Å². The van der Waals surface area contributed by atoms with Crippen LogP contribution in [0.3, 0.4) is 0 Å². The average molecular weight is 347 g/mol. The van der Waals surface area contributed by atoms with E-state index in [1.165, 1.54) is 4.90 Å². The maximum atomic E-state index is 12.6. The average Bonchev–Trinajstić information content (AvgIpc) is 2.86. The van der Waals surface area contributed by atoms with Gasteiger partial charge in [-0.2, -0.15) is 0 Å². The number of anilines is 1. The summed E-state index contributed by atoms with van der Waals surface area (Å²) in [7, 11) is 0. The van der Waals surface area contributed by atoms with Crippen molar-refractivity contribution in [1.82, 2.24) is 0 Å². The van der Waals surface area contributed by atoms with Crippen molar-refractivity contribution in [2.24, 2.45) is 11.8 Å². The molecule has 0 unspecified atom stereocenters. The molecule has 4 nitrogen and oxygen atoms in total. The Morgan fingerprint density at radius 3 is 1.88 bits per heavy atom. The van der Waals surface area contributed by atoms with Crippen LogP contribution < -0.4 is 9.64 Å². The minimum absolute atomic E-state index is 0.0904. The topological polar surface area (TPSA) is 46.6 Å². The van der Waals surface area contributed by atoms with Gasteiger partial charge in [0, 0.05) is 0 Å². The normalized spacial score (nSPS) is 21.8. The molecule has 0 aromatic heterocycles. The van der Waals surface area contributed by atoms with Crippen LogP contribution in [0.5, 0.6) is 11.5 Å². The highest BCUT2D eigenvalue weighted by Gasteiger charge is 2.47. The van der Waals surface area contributed by atoms with E-state index in [1.54, 1.807) is 24.3 Å². The molecule has 2 amide bonds. The first kappa shape index (κ1) is 16.6. The van der Waals surface area contributed by atoms with Crippen molar-refractivity contribution in [2.75, 3.05) is 4.90 Å². The molecule has 4 rings (SSSR count). The van der Waals surface area contributed by atoms with Gasteiger partial charge in [-0.25, -0.2) is 0 Å². The van der Waals surface area contributed by atoms with Crippen LogP contribution in [-0.2, 0) is 9.59 Å². The van der Waals surface area contributed by atoms with Crippen LogP contribution in [0.4, 0.5) is 5.69 Å². The van der Waals surface area contributed by atoms with Crippen molar-refractivity contribution < 1.29 is 14.3 Å². The minimum atomic E-state index is -0.210. The minimum Gasteiger partial charge on any atom is -0.457 e. The highest BCUT2D eigenvalue weighted by Crippen LogP contribution is 2.38. The van der Waals surface area contributed by atoms with Crippen molar-refractivity contribution in [3.63, 3.8) is 0 Å². The number of hydrogen-bond donors (Lipinski definition) is 0. The molecule has 0 radical (unpaired) electrons. The van der Waals surface area contributed by atoms with Gasteiger partial charge in [0.2, 0.25) is 11.8 Å². The van der Waals surface area contributed by atoms with Crippen LogP contribution in [0.25, 0.3) is 0 Å². The second-order valence-corrected chi connectivity index (χ2v) is 7.09. The van der Waals surface area contributed by atoms with E-state index >= 15 is 0 Å². The first-order valence-electron chi connectivity index (χ1n) is 8.92. The molecule has 1 aliphatic carbocycles. The van der Waals surface area contributed by atoms with Gasteiger partial charge in [-0.3, -0.25) is 14.5 Å². The number of amides is 2. The molecule has 1 aliphatic heterocycles. The van der Waals surface area contributed by atoms with Crippen molar-refractivity contribution in [3.05, 3.63) is 65.7 Å². The number of rotatable bonds is 3. The highest BCUT2D eigenvalue weighted by atomic mass is 16.5. The number of nitrogens with zero attached hydrogens (tertiary/aromatic N) is 1. The largest absolute Gasteiger partial charge is 0.457 e. The third kappa shape index (κ3) is 2.92. The summed E-state index contributed by atoms with van der Waals surface area (Å²) in [5.41, 5.74) is 2.89. The van der Waals surface area contributed by atoms with E-state index in [0.29, 0.717) is 24.3 Å². The molecule has 2 aliphatic rings. The first-order chi connectivity index (χ1) is 12.5. The summed E-state index contributed by atoms with van der Waals surface area (Å²) in [5, 5.41) is 0. The second kappa shape index (κ2) is 6.45. The van der Waals surface area contributed by atoms with Crippen LogP contribution in [0.2, 0.25) is 0 Å². The Morgan fingerprint density at radius 2 is 1.35 bits per heavy atom. The van der Waals surface area contributed by atoms with Crippen molar-refractivity contribution >= 4 is 17.5 Å². The van der Waals surface area contributed by atoms with Crippen molar-refractivity contribution in [2.45, 2.75) is 26.7 Å². The molecular weight excluding hydrogens is 326 g/mol. The number of allylic oxidation sites excluding steroid dienone is 2. The molecule has 26 heavy (non-hydrogen) atoms. The third-order valence-corrected chi connectivity index (χ3v) is 5.03. The molecule has 1 fully saturated rings. The highest BCUT2D eigenvalue weighted by molar-refractivity contribution is 6.22. The van der Waals surface area contributed by atoms with E-state index in [2.05, 4.69) is 6.07 Å². The van der Waals surface area contributed by atoms with Gasteiger partial charge in [0.15, 0.2) is 0 Å². The molecule has 1 heterocycles. The molecule has 0 N–H and O–H groups in total. The summed E-state index contributed by atoms with van der Waals surface area (Å²) in [6.45, 7) is 4.06. The van der Waals surface area contributed by atoms with Gasteiger partial charge < -0.3 is 4.74 Å². The fourth-order valence-electron chi connectivity index (χ4n) is 3.85. The maximum Gasteiger partial charge on any atom is 0.238 e. The Kier molecular flexibility index (Phi) is 4.11. The number of carbonyl (C=O) groups is 2. The zero-order chi connectivity index (χ0) is 18.3. The van der Waals surface area contributed by atoms with E-state index in [1.807, 2.05) is 38.1 Å². The Bertz CT molecular complexity index is 852. The summed E-state index contributed by atoms with van der Waals surface area (Å²) in [4.78, 5) is 26.6. The van der Waals surface area contributed by atoms with E-state index in [0.717, 1.165) is 16.9 Å². The number of fused-ring (bicyclic) bond motifs is 1. The van der Waals surface area contributed by atoms with Gasteiger partial charge in [-0.05, 0) is 74.2 Å². The molecule has 0 bridgehead atoms. The van der Waals surface area contributed by atoms with Crippen LogP contribution in [0.1, 0.15) is 24.0 Å². The smallest absolute Gasteiger partial charge is 0.238 e. The summed E-state index contributed by atoms with van der Waals surface area (Å²) < 4.78 is 5.91. The summed E-state index contributed by atoms with van der Waals surface area (Å²) in [5.74, 6) is 0.856. The number of hydrogen-bond acceptors (Lipinski definition) is 3. The lowest BCUT2D eigenvalue weighted by Gasteiger charge is -2.15. The molecule has 4 heteroatoms. The van der Waals surface area contributed by atoms with E-state index < -0.39 is 0 Å². The maximum absolute atomic E-state index is 12.6. The summed E-state index contributed by atoms with van der Waals surface area (Å²) in [6.07, 6.45) is 5.30. The summed E-state index contributed by atoms with van der Waals surface area (Å²) in [6, 6.07) is 13.2. The molecule has 1 saturated heterocycles. The number of aryl methyl sites for hydroxylation is 2. The standard InChI is InChI=1S/C22H21NO3/c1-14-11-15(2)13-18(12-14)26-17-9-7-16(8-10-17)23-21(24)19-5-3-4-6-20(19)22(23)25/h3-4,7-13,19-20H,5-6H2,1-2H3/t19-,20+. The summed E-state index contributed by atoms with van der Waals surface area (Å²) >= 11 is 0. The van der Waals surface area contributed by atoms with E-state index in [9.17, 15) is 9.59 Å². The zero-order valence-electron chi connectivity index (χ0n) is 14.9. The molecule has 0 spiro atoms. The predicted octanol–water partition coefficient (Wildman–Crippen LogP) is 4.55. The van der Waals surface area contributed by atoms with Gasteiger partial charge in [0.25, 0.3) is 0 Å². The van der Waals surface area contributed by atoms with Gasteiger partial charge in [0.1, 0.15) is 11.5 Å². The van der Waals surface area contributed by atoms with Crippen molar-refractivity contribution in [3.8, 4) is 11.5 Å².